The molecule has 0 bridgehead atoms. The molecule has 8 nitrogen and oxygen atoms in total. The Morgan fingerprint density at radius 3 is 1.90 bits per heavy atom. The highest BCUT2D eigenvalue weighted by Crippen LogP contribution is 2.13. The number of hydrogen-bond donors (Lipinski definition) is 2. The molecule has 41 heavy (non-hydrogen) atoms. The fraction of sp³-hybridized carbons (Fsp3) is 0.394. The molecular formula is C33H43N3O5. The van der Waals surface area contributed by atoms with Crippen LogP contribution in [-0.2, 0) is 35.5 Å². The van der Waals surface area contributed by atoms with Crippen LogP contribution in [0.2, 0.25) is 0 Å². The minimum atomic E-state index is -0.507. The Hall–Kier alpha value is -3.88. The van der Waals surface area contributed by atoms with Gasteiger partial charge in [0.2, 0.25) is 5.91 Å². The maximum atomic E-state index is 12.5. The lowest BCUT2D eigenvalue weighted by molar-refractivity contribution is -0.130. The molecule has 0 aliphatic heterocycles. The van der Waals surface area contributed by atoms with Crippen LogP contribution in [0.4, 0.5) is 4.79 Å². The molecule has 2 amide bonds. The van der Waals surface area contributed by atoms with E-state index < -0.39 is 6.23 Å². The van der Waals surface area contributed by atoms with Crippen molar-refractivity contribution in [1.29, 1.82) is 0 Å². The predicted octanol–water partition coefficient (Wildman–Crippen LogP) is 4.70. The van der Waals surface area contributed by atoms with Gasteiger partial charge in [0.15, 0.2) is 0 Å². The Morgan fingerprint density at radius 1 is 0.780 bits per heavy atom. The monoisotopic (exact) mass is 561 g/mol. The SMILES string of the molecule is CNC(O)CCc1ccc(CN(C)C(=O)OCCc2ccc(CN(C)C(=O)CCOc3ccc(C)cc3)cc2)cc1. The summed E-state index contributed by atoms with van der Waals surface area (Å²) in [5, 5.41) is 12.4. The number of carbonyl (C=O) groups excluding carboxylic acids is 2. The van der Waals surface area contributed by atoms with E-state index >= 15 is 0 Å². The normalized spacial score (nSPS) is 11.5. The van der Waals surface area contributed by atoms with E-state index in [1.807, 2.05) is 79.7 Å². The van der Waals surface area contributed by atoms with Gasteiger partial charge in [0.25, 0.3) is 0 Å². The Bertz CT molecular complexity index is 1210. The molecule has 0 spiro atoms. The van der Waals surface area contributed by atoms with Gasteiger partial charge in [-0.3, -0.25) is 10.1 Å². The highest BCUT2D eigenvalue weighted by atomic mass is 16.6. The largest absolute Gasteiger partial charge is 0.493 e. The van der Waals surface area contributed by atoms with Crippen molar-refractivity contribution in [1.82, 2.24) is 15.1 Å². The van der Waals surface area contributed by atoms with Gasteiger partial charge >= 0.3 is 6.09 Å². The number of aliphatic hydroxyl groups excluding tert-OH is 1. The van der Waals surface area contributed by atoms with Crippen LogP contribution < -0.4 is 10.1 Å². The summed E-state index contributed by atoms with van der Waals surface area (Å²) in [5.74, 6) is 0.792. The summed E-state index contributed by atoms with van der Waals surface area (Å²) < 4.78 is 11.1. The fourth-order valence-corrected chi connectivity index (χ4v) is 4.22. The van der Waals surface area contributed by atoms with E-state index in [4.69, 9.17) is 9.47 Å². The van der Waals surface area contributed by atoms with Crippen molar-refractivity contribution in [3.05, 3.63) is 101 Å². The van der Waals surface area contributed by atoms with E-state index in [0.717, 1.165) is 34.4 Å². The van der Waals surface area contributed by atoms with Gasteiger partial charge in [0.1, 0.15) is 12.0 Å². The highest BCUT2D eigenvalue weighted by molar-refractivity contribution is 5.76. The average Bonchev–Trinajstić information content (AvgIpc) is 2.98. The minimum Gasteiger partial charge on any atom is -0.493 e. The van der Waals surface area contributed by atoms with Crippen LogP contribution in [0.5, 0.6) is 5.75 Å². The zero-order chi connectivity index (χ0) is 29.6. The van der Waals surface area contributed by atoms with Crippen LogP contribution >= 0.6 is 0 Å². The highest BCUT2D eigenvalue weighted by Gasteiger charge is 2.12. The molecule has 3 rings (SSSR count). The number of nitrogens with zero attached hydrogens (tertiary/aromatic N) is 2. The minimum absolute atomic E-state index is 0.0255. The molecule has 220 valence electrons. The first-order valence-electron chi connectivity index (χ1n) is 14.1. The van der Waals surface area contributed by atoms with Crippen molar-refractivity contribution in [3.8, 4) is 5.75 Å². The van der Waals surface area contributed by atoms with Gasteiger partial charge in [-0.1, -0.05) is 66.2 Å². The van der Waals surface area contributed by atoms with Gasteiger partial charge < -0.3 is 24.4 Å². The summed E-state index contributed by atoms with van der Waals surface area (Å²) in [6.07, 6.45) is 1.47. The van der Waals surface area contributed by atoms with E-state index in [0.29, 0.717) is 39.0 Å². The van der Waals surface area contributed by atoms with Crippen LogP contribution in [-0.4, -0.2) is 67.5 Å². The van der Waals surface area contributed by atoms with Crippen LogP contribution in [0, 0.1) is 6.92 Å². The molecular weight excluding hydrogens is 518 g/mol. The van der Waals surface area contributed by atoms with Gasteiger partial charge in [-0.05, 0) is 61.2 Å². The number of ether oxygens (including phenoxy) is 2. The molecule has 0 saturated carbocycles. The standard InChI is InChI=1S/C33H43N3O5/c1-25-5-16-30(17-6-25)40-22-20-32(38)35(3)23-28-13-9-27(10-14-28)19-21-41-33(39)36(4)24-29-11-7-26(8-12-29)15-18-31(37)34-2/h5-14,16-17,31,34,37H,15,18-24H2,1-4H3. The Kier molecular flexibility index (Phi) is 12.7. The lowest BCUT2D eigenvalue weighted by Gasteiger charge is -2.18. The molecule has 2 N–H and O–H groups in total. The molecule has 3 aromatic rings. The second-order valence-corrected chi connectivity index (χ2v) is 10.4. The van der Waals surface area contributed by atoms with E-state index in [1.54, 1.807) is 30.9 Å². The van der Waals surface area contributed by atoms with E-state index in [9.17, 15) is 14.7 Å². The van der Waals surface area contributed by atoms with Crippen molar-refractivity contribution < 1.29 is 24.2 Å². The number of hydrogen-bond acceptors (Lipinski definition) is 6. The van der Waals surface area contributed by atoms with Gasteiger partial charge in [0.05, 0.1) is 19.6 Å². The van der Waals surface area contributed by atoms with Gasteiger partial charge in [-0.2, -0.15) is 0 Å². The van der Waals surface area contributed by atoms with Gasteiger partial charge in [-0.25, -0.2) is 4.79 Å². The quantitative estimate of drug-likeness (QED) is 0.261. The number of amides is 2. The Labute approximate surface area is 243 Å². The maximum absolute atomic E-state index is 12.5. The number of rotatable bonds is 15. The third-order valence-electron chi connectivity index (χ3n) is 6.88. The Balaban J connectivity index is 1.33. The molecule has 0 saturated heterocycles. The summed E-state index contributed by atoms with van der Waals surface area (Å²) in [6, 6.07) is 23.8. The van der Waals surface area contributed by atoms with Crippen molar-refractivity contribution >= 4 is 12.0 Å². The maximum Gasteiger partial charge on any atom is 0.409 e. The van der Waals surface area contributed by atoms with Crippen molar-refractivity contribution in [3.63, 3.8) is 0 Å². The molecule has 0 heterocycles. The summed E-state index contributed by atoms with van der Waals surface area (Å²) in [4.78, 5) is 28.2. The van der Waals surface area contributed by atoms with Gasteiger partial charge in [-0.15, -0.1) is 0 Å². The third-order valence-corrected chi connectivity index (χ3v) is 6.88. The summed E-state index contributed by atoms with van der Waals surface area (Å²) in [5.41, 5.74) is 5.41. The number of aliphatic hydroxyl groups is 1. The van der Waals surface area contributed by atoms with E-state index in [-0.39, 0.29) is 18.6 Å². The first-order valence-corrected chi connectivity index (χ1v) is 14.1. The van der Waals surface area contributed by atoms with E-state index in [2.05, 4.69) is 5.32 Å². The molecule has 0 fully saturated rings. The number of nitrogens with one attached hydrogen (secondary N) is 1. The second kappa shape index (κ2) is 16.4. The lowest BCUT2D eigenvalue weighted by Crippen LogP contribution is -2.27. The topological polar surface area (TPSA) is 91.3 Å². The smallest absolute Gasteiger partial charge is 0.409 e. The molecule has 3 aromatic carbocycles. The number of benzene rings is 3. The van der Waals surface area contributed by atoms with E-state index in [1.165, 1.54) is 5.56 Å². The molecule has 8 heteroatoms. The molecule has 0 aliphatic rings. The zero-order valence-corrected chi connectivity index (χ0v) is 24.6. The summed E-state index contributed by atoms with van der Waals surface area (Å²) >= 11 is 0. The molecule has 1 atom stereocenters. The Morgan fingerprint density at radius 2 is 1.32 bits per heavy atom. The van der Waals surface area contributed by atoms with Crippen LogP contribution in [0.1, 0.15) is 40.7 Å². The number of aryl methyl sites for hydroxylation is 2. The van der Waals surface area contributed by atoms with Crippen molar-refractivity contribution in [2.45, 2.75) is 51.9 Å². The third kappa shape index (κ3) is 11.3. The van der Waals surface area contributed by atoms with Crippen molar-refractivity contribution in [2.75, 3.05) is 34.4 Å². The van der Waals surface area contributed by atoms with Crippen LogP contribution in [0.25, 0.3) is 0 Å². The predicted molar refractivity (Wildman–Crippen MR) is 161 cm³/mol. The number of carbonyl (C=O) groups is 2. The lowest BCUT2D eigenvalue weighted by atomic mass is 10.1. The molecule has 1 unspecified atom stereocenters. The van der Waals surface area contributed by atoms with Crippen LogP contribution in [0.3, 0.4) is 0 Å². The molecule has 0 radical (unpaired) electrons. The first-order chi connectivity index (χ1) is 19.7. The summed E-state index contributed by atoms with van der Waals surface area (Å²) in [6.45, 7) is 3.62. The molecule has 0 aliphatic carbocycles. The fourth-order valence-electron chi connectivity index (χ4n) is 4.22. The second-order valence-electron chi connectivity index (χ2n) is 10.4. The van der Waals surface area contributed by atoms with Crippen LogP contribution in [0.15, 0.2) is 72.8 Å². The molecule has 0 aromatic heterocycles. The zero-order valence-electron chi connectivity index (χ0n) is 24.6. The summed E-state index contributed by atoms with van der Waals surface area (Å²) in [7, 11) is 5.25. The first kappa shape index (κ1) is 31.6. The van der Waals surface area contributed by atoms with Gasteiger partial charge in [0, 0.05) is 33.6 Å². The van der Waals surface area contributed by atoms with Crippen molar-refractivity contribution in [2.24, 2.45) is 0 Å². The average molecular weight is 562 g/mol.